The molecule has 0 saturated carbocycles. The molecule has 6 heteroatoms. The van der Waals surface area contributed by atoms with Crippen molar-refractivity contribution >= 4 is 17.9 Å². The second-order valence-corrected chi connectivity index (χ2v) is 6.61. The van der Waals surface area contributed by atoms with Gasteiger partial charge in [-0.1, -0.05) is 19.1 Å². The molecule has 0 aliphatic carbocycles. The van der Waals surface area contributed by atoms with Gasteiger partial charge in [-0.3, -0.25) is 9.59 Å². The highest BCUT2D eigenvalue weighted by molar-refractivity contribution is 6.01. The first kappa shape index (κ1) is 21.0. The first-order valence-electron chi connectivity index (χ1n) is 9.29. The van der Waals surface area contributed by atoms with Gasteiger partial charge in [0.1, 0.15) is 11.6 Å². The van der Waals surface area contributed by atoms with Crippen LogP contribution in [0, 0.1) is 25.2 Å². The Morgan fingerprint density at radius 3 is 2.46 bits per heavy atom. The van der Waals surface area contributed by atoms with Crippen LogP contribution in [0.5, 0.6) is 0 Å². The molecule has 6 nitrogen and oxygen atoms in total. The Kier molecular flexibility index (Phi) is 7.16. The number of aryl methyl sites for hydroxylation is 1. The third kappa shape index (κ3) is 4.89. The van der Waals surface area contributed by atoms with Crippen molar-refractivity contribution in [2.24, 2.45) is 0 Å². The van der Waals surface area contributed by atoms with Crippen LogP contribution in [0.3, 0.4) is 0 Å². The lowest BCUT2D eigenvalue weighted by molar-refractivity contribution is -0.117. The van der Waals surface area contributed by atoms with Crippen molar-refractivity contribution in [2.75, 3.05) is 7.05 Å². The van der Waals surface area contributed by atoms with Crippen molar-refractivity contribution in [2.45, 2.75) is 40.3 Å². The minimum atomic E-state index is -0.418. The maximum atomic E-state index is 12.4. The number of rotatable bonds is 7. The quantitative estimate of drug-likeness (QED) is 0.573. The van der Waals surface area contributed by atoms with E-state index in [-0.39, 0.29) is 18.0 Å². The van der Waals surface area contributed by atoms with Gasteiger partial charge in [-0.15, -0.1) is 0 Å². The Bertz CT molecular complexity index is 931. The van der Waals surface area contributed by atoms with Gasteiger partial charge in [0.05, 0.1) is 0 Å². The molecule has 2 N–H and O–H groups in total. The SMILES string of the molecule is CCCn1c(C)cc(/C=C(\C#N)C(=O)NCc2ccc(C(=O)NC)cc2)c1C. The van der Waals surface area contributed by atoms with Crippen LogP contribution in [0.1, 0.15) is 46.2 Å². The number of amides is 2. The summed E-state index contributed by atoms with van der Waals surface area (Å²) in [6.45, 7) is 7.32. The molecular weight excluding hydrogens is 352 g/mol. The lowest BCUT2D eigenvalue weighted by Crippen LogP contribution is -2.24. The second-order valence-electron chi connectivity index (χ2n) is 6.61. The monoisotopic (exact) mass is 378 g/mol. The minimum Gasteiger partial charge on any atom is -0.355 e. The lowest BCUT2D eigenvalue weighted by Gasteiger charge is -2.07. The molecule has 0 unspecified atom stereocenters. The highest BCUT2D eigenvalue weighted by Crippen LogP contribution is 2.19. The van der Waals surface area contributed by atoms with Gasteiger partial charge in [0, 0.05) is 37.1 Å². The fourth-order valence-corrected chi connectivity index (χ4v) is 3.04. The first-order valence-corrected chi connectivity index (χ1v) is 9.29. The van der Waals surface area contributed by atoms with E-state index < -0.39 is 5.91 Å². The summed E-state index contributed by atoms with van der Waals surface area (Å²) in [5, 5.41) is 14.7. The van der Waals surface area contributed by atoms with E-state index in [0.717, 1.165) is 35.5 Å². The van der Waals surface area contributed by atoms with Gasteiger partial charge in [-0.25, -0.2) is 0 Å². The molecule has 0 saturated heterocycles. The van der Waals surface area contributed by atoms with Crippen molar-refractivity contribution in [3.05, 3.63) is 64.0 Å². The highest BCUT2D eigenvalue weighted by atomic mass is 16.2. The average molecular weight is 378 g/mol. The normalized spacial score (nSPS) is 11.0. The first-order chi connectivity index (χ1) is 13.4. The van der Waals surface area contributed by atoms with Crippen molar-refractivity contribution < 1.29 is 9.59 Å². The zero-order valence-electron chi connectivity index (χ0n) is 16.8. The maximum Gasteiger partial charge on any atom is 0.262 e. The number of hydrogen-bond acceptors (Lipinski definition) is 3. The Morgan fingerprint density at radius 1 is 1.21 bits per heavy atom. The predicted octanol–water partition coefficient (Wildman–Crippen LogP) is 3.10. The molecule has 0 fully saturated rings. The van der Waals surface area contributed by atoms with Crippen LogP contribution < -0.4 is 10.6 Å². The molecule has 1 heterocycles. The number of nitriles is 1. The van der Waals surface area contributed by atoms with E-state index in [9.17, 15) is 14.9 Å². The van der Waals surface area contributed by atoms with Crippen molar-refractivity contribution in [3.8, 4) is 6.07 Å². The molecule has 28 heavy (non-hydrogen) atoms. The maximum absolute atomic E-state index is 12.4. The van der Waals surface area contributed by atoms with Crippen LogP contribution >= 0.6 is 0 Å². The molecule has 0 aliphatic rings. The standard InChI is InChI=1S/C22H26N4O2/c1-5-10-26-15(2)11-19(16(26)3)12-20(13-23)22(28)25-14-17-6-8-18(9-7-17)21(27)24-4/h6-9,11-12H,5,10,14H2,1-4H3,(H,24,27)(H,25,28)/b20-12+. The number of benzene rings is 1. The van der Waals surface area contributed by atoms with E-state index in [1.54, 1.807) is 37.4 Å². The number of aromatic nitrogens is 1. The summed E-state index contributed by atoms with van der Waals surface area (Å²) < 4.78 is 2.19. The van der Waals surface area contributed by atoms with Gasteiger partial charge in [0.15, 0.2) is 0 Å². The molecule has 2 rings (SSSR count). The van der Waals surface area contributed by atoms with Gasteiger partial charge in [0.25, 0.3) is 11.8 Å². The fourth-order valence-electron chi connectivity index (χ4n) is 3.04. The largest absolute Gasteiger partial charge is 0.355 e. The lowest BCUT2D eigenvalue weighted by atomic mass is 10.1. The van der Waals surface area contributed by atoms with E-state index in [0.29, 0.717) is 5.56 Å². The Hall–Kier alpha value is -3.33. The van der Waals surface area contributed by atoms with Crippen LogP contribution in [-0.4, -0.2) is 23.4 Å². The highest BCUT2D eigenvalue weighted by Gasteiger charge is 2.12. The number of hydrogen-bond donors (Lipinski definition) is 2. The summed E-state index contributed by atoms with van der Waals surface area (Å²) in [4.78, 5) is 24.0. The van der Waals surface area contributed by atoms with Gasteiger partial charge in [-0.2, -0.15) is 5.26 Å². The van der Waals surface area contributed by atoms with E-state index in [1.165, 1.54) is 0 Å². The molecular formula is C22H26N4O2. The molecule has 1 aromatic carbocycles. The third-order valence-electron chi connectivity index (χ3n) is 4.62. The summed E-state index contributed by atoms with van der Waals surface area (Å²) in [7, 11) is 1.58. The Morgan fingerprint density at radius 2 is 1.89 bits per heavy atom. The van der Waals surface area contributed by atoms with Gasteiger partial charge in [0.2, 0.25) is 0 Å². The molecule has 0 bridgehead atoms. The van der Waals surface area contributed by atoms with Crippen LogP contribution in [0.15, 0.2) is 35.9 Å². The molecule has 0 atom stereocenters. The van der Waals surface area contributed by atoms with E-state index >= 15 is 0 Å². The zero-order valence-corrected chi connectivity index (χ0v) is 16.8. The number of nitrogens with zero attached hydrogens (tertiary/aromatic N) is 2. The van der Waals surface area contributed by atoms with Gasteiger partial charge >= 0.3 is 0 Å². The van der Waals surface area contributed by atoms with Gasteiger partial charge < -0.3 is 15.2 Å². The Balaban J connectivity index is 2.10. The summed E-state index contributed by atoms with van der Waals surface area (Å²) in [5.41, 5.74) is 4.51. The van der Waals surface area contributed by atoms with Crippen LogP contribution in [-0.2, 0) is 17.9 Å². The van der Waals surface area contributed by atoms with Crippen molar-refractivity contribution in [1.82, 2.24) is 15.2 Å². The molecule has 146 valence electrons. The Labute approximate surface area is 165 Å². The van der Waals surface area contributed by atoms with Crippen LogP contribution in [0.2, 0.25) is 0 Å². The van der Waals surface area contributed by atoms with E-state index in [2.05, 4.69) is 22.1 Å². The summed E-state index contributed by atoms with van der Waals surface area (Å²) in [5.74, 6) is -0.580. The van der Waals surface area contributed by atoms with E-state index in [4.69, 9.17) is 0 Å². The number of carbonyl (C=O) groups is 2. The zero-order chi connectivity index (χ0) is 20.7. The third-order valence-corrected chi connectivity index (χ3v) is 4.62. The van der Waals surface area contributed by atoms with Gasteiger partial charge in [-0.05, 0) is 55.7 Å². The topological polar surface area (TPSA) is 86.9 Å². The average Bonchev–Trinajstić information content (AvgIpc) is 2.97. The molecule has 0 aliphatic heterocycles. The van der Waals surface area contributed by atoms with E-state index in [1.807, 2.05) is 26.0 Å². The predicted molar refractivity (Wildman–Crippen MR) is 109 cm³/mol. The van der Waals surface area contributed by atoms with Crippen molar-refractivity contribution in [1.29, 1.82) is 5.26 Å². The smallest absolute Gasteiger partial charge is 0.262 e. The molecule has 1 aromatic heterocycles. The molecule has 0 radical (unpaired) electrons. The van der Waals surface area contributed by atoms with Crippen LogP contribution in [0.25, 0.3) is 6.08 Å². The summed E-state index contributed by atoms with van der Waals surface area (Å²) in [6.07, 6.45) is 2.66. The second kappa shape index (κ2) is 9.56. The number of nitrogens with one attached hydrogen (secondary N) is 2. The fraction of sp³-hybridized carbons (Fsp3) is 0.318. The molecule has 2 aromatic rings. The number of carbonyl (C=O) groups excluding carboxylic acids is 2. The summed E-state index contributed by atoms with van der Waals surface area (Å²) >= 11 is 0. The summed E-state index contributed by atoms with van der Waals surface area (Å²) in [6, 6.07) is 10.9. The van der Waals surface area contributed by atoms with Crippen molar-refractivity contribution in [3.63, 3.8) is 0 Å². The molecule has 0 spiro atoms. The minimum absolute atomic E-state index is 0.0683. The van der Waals surface area contributed by atoms with Crippen LogP contribution in [0.4, 0.5) is 0 Å². The molecule has 2 amide bonds.